The standard InChI is InChI=1S/C13H17N3S/c1-3-9-7-10-12(14-4-2)15-11(8-5-6-8)16-13(10)17-9/h7-8H,3-6H2,1-2H3,(H,14,15,16). The molecule has 17 heavy (non-hydrogen) atoms. The number of nitrogens with one attached hydrogen (secondary N) is 1. The van der Waals surface area contributed by atoms with Gasteiger partial charge in [0.1, 0.15) is 16.5 Å². The Kier molecular flexibility index (Phi) is 2.74. The van der Waals surface area contributed by atoms with E-state index in [-0.39, 0.29) is 0 Å². The van der Waals surface area contributed by atoms with Crippen molar-refractivity contribution in [3.05, 3.63) is 16.8 Å². The van der Waals surface area contributed by atoms with Gasteiger partial charge in [-0.05, 0) is 32.3 Å². The zero-order chi connectivity index (χ0) is 11.8. The number of fused-ring (bicyclic) bond motifs is 1. The third-order valence-electron chi connectivity index (χ3n) is 3.10. The van der Waals surface area contributed by atoms with Gasteiger partial charge < -0.3 is 5.32 Å². The van der Waals surface area contributed by atoms with Crippen molar-refractivity contribution in [2.24, 2.45) is 0 Å². The van der Waals surface area contributed by atoms with Crippen LogP contribution < -0.4 is 5.32 Å². The predicted octanol–water partition coefficient (Wildman–Crippen LogP) is 3.56. The number of hydrogen-bond donors (Lipinski definition) is 1. The molecule has 1 aliphatic rings. The van der Waals surface area contributed by atoms with E-state index in [1.807, 2.05) is 0 Å². The van der Waals surface area contributed by atoms with Crippen LogP contribution in [0.25, 0.3) is 10.2 Å². The normalized spacial score (nSPS) is 15.4. The van der Waals surface area contributed by atoms with E-state index in [0.29, 0.717) is 5.92 Å². The van der Waals surface area contributed by atoms with Gasteiger partial charge in [0.2, 0.25) is 0 Å². The van der Waals surface area contributed by atoms with Crippen LogP contribution in [0, 0.1) is 0 Å². The molecule has 0 amide bonds. The van der Waals surface area contributed by atoms with E-state index in [4.69, 9.17) is 4.98 Å². The minimum absolute atomic E-state index is 0.615. The SMILES string of the molecule is CCNc1nc(C2CC2)nc2sc(CC)cc12. The van der Waals surface area contributed by atoms with Crippen molar-refractivity contribution in [3.63, 3.8) is 0 Å². The van der Waals surface area contributed by atoms with Crippen molar-refractivity contribution in [1.82, 2.24) is 9.97 Å². The number of anilines is 1. The number of thiophene rings is 1. The largest absolute Gasteiger partial charge is 0.370 e. The number of aryl methyl sites for hydroxylation is 1. The van der Waals surface area contributed by atoms with Gasteiger partial charge >= 0.3 is 0 Å². The molecule has 0 saturated heterocycles. The Morgan fingerprint density at radius 2 is 2.18 bits per heavy atom. The van der Waals surface area contributed by atoms with Gasteiger partial charge in [0.25, 0.3) is 0 Å². The van der Waals surface area contributed by atoms with Crippen molar-refractivity contribution in [2.45, 2.75) is 39.0 Å². The van der Waals surface area contributed by atoms with Gasteiger partial charge in [0.15, 0.2) is 0 Å². The lowest BCUT2D eigenvalue weighted by Gasteiger charge is -2.05. The molecule has 1 saturated carbocycles. The molecule has 0 atom stereocenters. The van der Waals surface area contributed by atoms with Gasteiger partial charge in [-0.1, -0.05) is 6.92 Å². The molecule has 3 rings (SSSR count). The van der Waals surface area contributed by atoms with Gasteiger partial charge in [-0.2, -0.15) is 0 Å². The highest BCUT2D eigenvalue weighted by atomic mass is 32.1. The Morgan fingerprint density at radius 1 is 1.35 bits per heavy atom. The fourth-order valence-electron chi connectivity index (χ4n) is 1.99. The number of hydrogen-bond acceptors (Lipinski definition) is 4. The molecule has 4 heteroatoms. The maximum absolute atomic E-state index is 4.72. The molecule has 1 aliphatic carbocycles. The molecule has 90 valence electrons. The van der Waals surface area contributed by atoms with Crippen molar-refractivity contribution in [1.29, 1.82) is 0 Å². The molecular weight excluding hydrogens is 230 g/mol. The van der Waals surface area contributed by atoms with Gasteiger partial charge in [0, 0.05) is 17.3 Å². The number of aromatic nitrogens is 2. The summed E-state index contributed by atoms with van der Waals surface area (Å²) in [5, 5.41) is 4.56. The highest BCUT2D eigenvalue weighted by Gasteiger charge is 2.27. The lowest BCUT2D eigenvalue weighted by molar-refractivity contribution is 0.947. The Morgan fingerprint density at radius 3 is 2.82 bits per heavy atom. The van der Waals surface area contributed by atoms with Crippen LogP contribution in [0.15, 0.2) is 6.07 Å². The summed E-state index contributed by atoms with van der Waals surface area (Å²) >= 11 is 1.81. The molecule has 2 aromatic rings. The summed E-state index contributed by atoms with van der Waals surface area (Å²) in [4.78, 5) is 11.9. The van der Waals surface area contributed by atoms with Crippen LogP contribution >= 0.6 is 11.3 Å². The smallest absolute Gasteiger partial charge is 0.138 e. The average Bonchev–Trinajstić information content (AvgIpc) is 3.09. The third-order valence-corrected chi connectivity index (χ3v) is 4.27. The van der Waals surface area contributed by atoms with Gasteiger partial charge in [-0.3, -0.25) is 0 Å². The molecule has 3 nitrogen and oxygen atoms in total. The molecule has 0 bridgehead atoms. The summed E-state index contributed by atoms with van der Waals surface area (Å²) in [6.45, 7) is 5.21. The van der Waals surface area contributed by atoms with Crippen LogP contribution in [0.1, 0.15) is 43.3 Å². The minimum Gasteiger partial charge on any atom is -0.370 e. The molecule has 1 fully saturated rings. The van der Waals surface area contributed by atoms with E-state index in [1.165, 1.54) is 23.1 Å². The molecule has 0 spiro atoms. The first-order valence-corrected chi connectivity index (χ1v) is 7.17. The Hall–Kier alpha value is -1.16. The van der Waals surface area contributed by atoms with Crippen LogP contribution in [-0.2, 0) is 6.42 Å². The first kappa shape index (κ1) is 11.0. The molecule has 0 aromatic carbocycles. The van der Waals surface area contributed by atoms with Crippen LogP contribution in [0.3, 0.4) is 0 Å². The van der Waals surface area contributed by atoms with E-state index in [9.17, 15) is 0 Å². The molecule has 0 unspecified atom stereocenters. The zero-order valence-corrected chi connectivity index (χ0v) is 11.1. The van der Waals surface area contributed by atoms with Gasteiger partial charge in [-0.15, -0.1) is 11.3 Å². The van der Waals surface area contributed by atoms with Crippen molar-refractivity contribution in [2.75, 3.05) is 11.9 Å². The Bertz CT molecular complexity index is 543. The van der Waals surface area contributed by atoms with Crippen molar-refractivity contribution >= 4 is 27.4 Å². The van der Waals surface area contributed by atoms with Gasteiger partial charge in [0.05, 0.1) is 5.39 Å². The van der Waals surface area contributed by atoms with E-state index in [0.717, 1.165) is 29.4 Å². The minimum atomic E-state index is 0.615. The first-order chi connectivity index (χ1) is 8.31. The summed E-state index contributed by atoms with van der Waals surface area (Å²) in [7, 11) is 0. The molecule has 0 aliphatic heterocycles. The van der Waals surface area contributed by atoms with Crippen LogP contribution in [0.5, 0.6) is 0 Å². The second-order valence-electron chi connectivity index (χ2n) is 4.52. The van der Waals surface area contributed by atoms with Crippen molar-refractivity contribution in [3.8, 4) is 0 Å². The average molecular weight is 247 g/mol. The Labute approximate surface area is 105 Å². The Balaban J connectivity index is 2.14. The fraction of sp³-hybridized carbons (Fsp3) is 0.538. The fourth-order valence-corrected chi connectivity index (χ4v) is 2.96. The predicted molar refractivity (Wildman–Crippen MR) is 72.9 cm³/mol. The first-order valence-electron chi connectivity index (χ1n) is 6.36. The molecular formula is C13H17N3S. The highest BCUT2D eigenvalue weighted by molar-refractivity contribution is 7.18. The number of rotatable bonds is 4. The summed E-state index contributed by atoms with van der Waals surface area (Å²) in [5.41, 5.74) is 0. The summed E-state index contributed by atoms with van der Waals surface area (Å²) in [6, 6.07) is 2.23. The second-order valence-corrected chi connectivity index (χ2v) is 5.64. The lowest BCUT2D eigenvalue weighted by Crippen LogP contribution is -2.03. The van der Waals surface area contributed by atoms with Crippen molar-refractivity contribution < 1.29 is 0 Å². The van der Waals surface area contributed by atoms with E-state index in [1.54, 1.807) is 11.3 Å². The quantitative estimate of drug-likeness (QED) is 0.897. The van der Waals surface area contributed by atoms with Crippen LogP contribution in [-0.4, -0.2) is 16.5 Å². The van der Waals surface area contributed by atoms with Crippen LogP contribution in [0.4, 0.5) is 5.82 Å². The molecule has 1 N–H and O–H groups in total. The van der Waals surface area contributed by atoms with Gasteiger partial charge in [-0.25, -0.2) is 9.97 Å². The number of nitrogens with zero attached hydrogens (tertiary/aromatic N) is 2. The summed E-state index contributed by atoms with van der Waals surface area (Å²) in [6.07, 6.45) is 3.58. The summed E-state index contributed by atoms with van der Waals surface area (Å²) < 4.78 is 0. The summed E-state index contributed by atoms with van der Waals surface area (Å²) in [5.74, 6) is 2.68. The molecule has 2 heterocycles. The monoisotopic (exact) mass is 247 g/mol. The second kappa shape index (κ2) is 4.26. The lowest BCUT2D eigenvalue weighted by atomic mass is 10.3. The third kappa shape index (κ3) is 2.02. The van der Waals surface area contributed by atoms with E-state index < -0.39 is 0 Å². The molecule has 0 radical (unpaired) electrons. The maximum Gasteiger partial charge on any atom is 0.138 e. The topological polar surface area (TPSA) is 37.8 Å². The van der Waals surface area contributed by atoms with Crippen LogP contribution in [0.2, 0.25) is 0 Å². The highest BCUT2D eigenvalue weighted by Crippen LogP contribution is 2.40. The zero-order valence-electron chi connectivity index (χ0n) is 10.3. The van der Waals surface area contributed by atoms with E-state index >= 15 is 0 Å². The molecule has 2 aromatic heterocycles. The van der Waals surface area contributed by atoms with E-state index in [2.05, 4.69) is 30.2 Å². The maximum atomic E-state index is 4.72.